The number of likely N-dealkylation sites (tertiary alicyclic amines) is 1. The third-order valence-electron chi connectivity index (χ3n) is 3.62. The van der Waals surface area contributed by atoms with E-state index in [-0.39, 0.29) is 0 Å². The molecule has 0 atom stereocenters. The molecule has 0 aromatic heterocycles. The van der Waals surface area contributed by atoms with Crippen molar-refractivity contribution in [2.45, 2.75) is 58.7 Å². The normalized spacial score (nSPS) is 21.4. The van der Waals surface area contributed by atoms with Gasteiger partial charge in [0.1, 0.15) is 0 Å². The van der Waals surface area contributed by atoms with Crippen molar-refractivity contribution in [1.82, 2.24) is 9.80 Å². The third-order valence-corrected chi connectivity index (χ3v) is 3.62. The number of rotatable bonds is 3. The highest BCUT2D eigenvalue weighted by Gasteiger charge is 2.24. The van der Waals surface area contributed by atoms with E-state index in [1.54, 1.807) is 0 Å². The van der Waals surface area contributed by atoms with Crippen molar-refractivity contribution < 1.29 is 0 Å². The number of nitrogens with zero attached hydrogens (tertiary/aromatic N) is 2. The Bertz CT molecular complexity index is 158. The summed E-state index contributed by atoms with van der Waals surface area (Å²) in [7, 11) is 2.26. The predicted molar refractivity (Wildman–Crippen MR) is 62.6 cm³/mol. The number of hydrogen-bond acceptors (Lipinski definition) is 2. The van der Waals surface area contributed by atoms with E-state index in [9.17, 15) is 0 Å². The number of hydrogen-bond donors (Lipinski definition) is 0. The lowest BCUT2D eigenvalue weighted by molar-refractivity contribution is 0.0914. The van der Waals surface area contributed by atoms with Gasteiger partial charge in [-0.3, -0.25) is 0 Å². The Labute approximate surface area is 89.3 Å². The van der Waals surface area contributed by atoms with Crippen molar-refractivity contribution in [2.24, 2.45) is 0 Å². The molecule has 0 N–H and O–H groups in total. The van der Waals surface area contributed by atoms with E-state index >= 15 is 0 Å². The lowest BCUT2D eigenvalue weighted by Gasteiger charge is -2.40. The van der Waals surface area contributed by atoms with E-state index < -0.39 is 0 Å². The Kier molecular flexibility index (Phi) is 4.39. The molecule has 1 aliphatic heterocycles. The lowest BCUT2D eigenvalue weighted by Crippen LogP contribution is -2.47. The fourth-order valence-corrected chi connectivity index (χ4v) is 2.23. The van der Waals surface area contributed by atoms with E-state index in [1.165, 1.54) is 25.9 Å². The zero-order chi connectivity index (χ0) is 10.7. The second kappa shape index (κ2) is 5.13. The Hall–Kier alpha value is -0.0800. The van der Waals surface area contributed by atoms with Crippen LogP contribution >= 0.6 is 0 Å². The van der Waals surface area contributed by atoms with Crippen LogP contribution in [0.4, 0.5) is 0 Å². The quantitative estimate of drug-likeness (QED) is 0.686. The Balaban J connectivity index is 2.35. The molecule has 0 radical (unpaired) electrons. The summed E-state index contributed by atoms with van der Waals surface area (Å²) in [4.78, 5) is 5.11. The monoisotopic (exact) mass is 198 g/mol. The molecular formula is C12H26N2. The molecule has 0 aromatic carbocycles. The van der Waals surface area contributed by atoms with E-state index in [1.807, 2.05) is 0 Å². The van der Waals surface area contributed by atoms with Crippen LogP contribution < -0.4 is 0 Å². The summed E-state index contributed by atoms with van der Waals surface area (Å²) in [6.07, 6.45) is 2.68. The molecule has 0 bridgehead atoms. The fourth-order valence-electron chi connectivity index (χ4n) is 2.23. The minimum Gasteiger partial charge on any atom is -0.301 e. The first kappa shape index (κ1) is 12.0. The molecule has 84 valence electrons. The molecule has 0 aliphatic carbocycles. The molecule has 1 aliphatic rings. The standard InChI is InChI=1S/C12H26N2/c1-10(2)13(5)12-6-8-14(9-7-12)11(3)4/h10-12H,6-9H2,1-5H3. The molecule has 1 fully saturated rings. The summed E-state index contributed by atoms with van der Waals surface area (Å²) in [5.74, 6) is 0. The average Bonchev–Trinajstić information content (AvgIpc) is 2.16. The molecule has 0 spiro atoms. The van der Waals surface area contributed by atoms with Gasteiger partial charge < -0.3 is 9.80 Å². The Morgan fingerprint density at radius 3 is 1.93 bits per heavy atom. The van der Waals surface area contributed by atoms with Crippen LogP contribution in [-0.2, 0) is 0 Å². The van der Waals surface area contributed by atoms with Gasteiger partial charge in [-0.15, -0.1) is 0 Å². The highest BCUT2D eigenvalue weighted by atomic mass is 15.2. The first-order chi connectivity index (χ1) is 6.52. The SMILES string of the molecule is CC(C)N1CCC(N(C)C(C)C)CC1. The minimum atomic E-state index is 0.686. The first-order valence-corrected chi connectivity index (χ1v) is 5.98. The van der Waals surface area contributed by atoms with Crippen LogP contribution in [0.1, 0.15) is 40.5 Å². The average molecular weight is 198 g/mol. The second-order valence-corrected chi connectivity index (χ2v) is 5.12. The van der Waals surface area contributed by atoms with Crippen LogP contribution in [0, 0.1) is 0 Å². The minimum absolute atomic E-state index is 0.686. The van der Waals surface area contributed by atoms with Crippen molar-refractivity contribution in [3.8, 4) is 0 Å². The van der Waals surface area contributed by atoms with Gasteiger partial charge in [0.25, 0.3) is 0 Å². The van der Waals surface area contributed by atoms with Crippen molar-refractivity contribution in [1.29, 1.82) is 0 Å². The van der Waals surface area contributed by atoms with Crippen molar-refractivity contribution in [2.75, 3.05) is 20.1 Å². The van der Waals surface area contributed by atoms with E-state index in [4.69, 9.17) is 0 Å². The summed E-state index contributed by atoms with van der Waals surface area (Å²) in [6, 6.07) is 2.22. The van der Waals surface area contributed by atoms with Gasteiger partial charge in [-0.25, -0.2) is 0 Å². The van der Waals surface area contributed by atoms with Gasteiger partial charge in [-0.1, -0.05) is 0 Å². The summed E-state index contributed by atoms with van der Waals surface area (Å²) < 4.78 is 0. The summed E-state index contributed by atoms with van der Waals surface area (Å²) in [6.45, 7) is 11.7. The summed E-state index contributed by atoms with van der Waals surface area (Å²) in [5, 5.41) is 0. The molecule has 2 nitrogen and oxygen atoms in total. The molecule has 0 saturated carbocycles. The summed E-state index contributed by atoms with van der Waals surface area (Å²) >= 11 is 0. The van der Waals surface area contributed by atoms with E-state index in [0.29, 0.717) is 6.04 Å². The molecular weight excluding hydrogens is 172 g/mol. The van der Waals surface area contributed by atoms with E-state index in [2.05, 4.69) is 44.5 Å². The highest BCUT2D eigenvalue weighted by molar-refractivity contribution is 4.80. The van der Waals surface area contributed by atoms with Crippen molar-refractivity contribution in [3.05, 3.63) is 0 Å². The third kappa shape index (κ3) is 2.96. The second-order valence-electron chi connectivity index (χ2n) is 5.12. The predicted octanol–water partition coefficient (Wildman–Crippen LogP) is 2.20. The van der Waals surface area contributed by atoms with Gasteiger partial charge in [0.05, 0.1) is 0 Å². The Morgan fingerprint density at radius 1 is 1.07 bits per heavy atom. The van der Waals surface area contributed by atoms with Crippen LogP contribution in [0.3, 0.4) is 0 Å². The van der Waals surface area contributed by atoms with Crippen LogP contribution in [-0.4, -0.2) is 48.1 Å². The maximum absolute atomic E-state index is 2.59. The van der Waals surface area contributed by atoms with Crippen molar-refractivity contribution in [3.63, 3.8) is 0 Å². The molecule has 0 amide bonds. The first-order valence-electron chi connectivity index (χ1n) is 5.98. The zero-order valence-electron chi connectivity index (χ0n) is 10.5. The molecule has 1 heterocycles. The molecule has 14 heavy (non-hydrogen) atoms. The van der Waals surface area contributed by atoms with Crippen molar-refractivity contribution >= 4 is 0 Å². The molecule has 1 rings (SSSR count). The smallest absolute Gasteiger partial charge is 0.0119 e. The topological polar surface area (TPSA) is 6.48 Å². The molecule has 2 heteroatoms. The van der Waals surface area contributed by atoms with E-state index in [0.717, 1.165) is 12.1 Å². The van der Waals surface area contributed by atoms with Gasteiger partial charge in [0.2, 0.25) is 0 Å². The Morgan fingerprint density at radius 2 is 1.57 bits per heavy atom. The van der Waals surface area contributed by atoms with Gasteiger partial charge in [-0.2, -0.15) is 0 Å². The molecule has 0 aromatic rings. The summed E-state index contributed by atoms with van der Waals surface area (Å²) in [5.41, 5.74) is 0. The maximum atomic E-state index is 2.59. The highest BCUT2D eigenvalue weighted by Crippen LogP contribution is 2.18. The lowest BCUT2D eigenvalue weighted by atomic mass is 10.0. The molecule has 0 unspecified atom stereocenters. The maximum Gasteiger partial charge on any atom is 0.0119 e. The van der Waals surface area contributed by atoms with Gasteiger partial charge >= 0.3 is 0 Å². The van der Waals surface area contributed by atoms with Crippen LogP contribution in [0.5, 0.6) is 0 Å². The molecule has 1 saturated heterocycles. The zero-order valence-corrected chi connectivity index (χ0v) is 10.5. The van der Waals surface area contributed by atoms with Crippen LogP contribution in [0.2, 0.25) is 0 Å². The van der Waals surface area contributed by atoms with Gasteiger partial charge in [0.15, 0.2) is 0 Å². The number of piperidine rings is 1. The van der Waals surface area contributed by atoms with Gasteiger partial charge in [-0.05, 0) is 60.7 Å². The largest absolute Gasteiger partial charge is 0.301 e. The fraction of sp³-hybridized carbons (Fsp3) is 1.00. The van der Waals surface area contributed by atoms with Gasteiger partial charge in [0, 0.05) is 18.1 Å². The van der Waals surface area contributed by atoms with Crippen LogP contribution in [0.15, 0.2) is 0 Å². The van der Waals surface area contributed by atoms with Crippen LogP contribution in [0.25, 0.3) is 0 Å².